The summed E-state index contributed by atoms with van der Waals surface area (Å²) in [4.78, 5) is 3.97. The van der Waals surface area contributed by atoms with E-state index < -0.39 is 0 Å². The lowest BCUT2D eigenvalue weighted by atomic mass is 10.3. The molecule has 58 valence electrons. The van der Waals surface area contributed by atoms with Crippen LogP contribution < -0.4 is 0 Å². The molecule has 0 aliphatic heterocycles. The Labute approximate surface area is 70.2 Å². The molecule has 0 aromatic carbocycles. The monoisotopic (exact) mass is 169 g/mol. The van der Waals surface area contributed by atoms with Crippen LogP contribution in [0.25, 0.3) is 6.08 Å². The van der Waals surface area contributed by atoms with Crippen LogP contribution in [0.1, 0.15) is 5.69 Å². The van der Waals surface area contributed by atoms with E-state index in [0.29, 0.717) is 5.69 Å². The zero-order chi connectivity index (χ0) is 8.10. The van der Waals surface area contributed by atoms with E-state index in [4.69, 9.17) is 16.7 Å². The molecule has 0 saturated carbocycles. The van der Waals surface area contributed by atoms with Gasteiger partial charge in [-0.3, -0.25) is 4.98 Å². The number of halogens is 1. The third kappa shape index (κ3) is 2.60. The van der Waals surface area contributed by atoms with Gasteiger partial charge in [-0.25, -0.2) is 0 Å². The number of aliphatic hydroxyl groups excluding tert-OH is 1. The molecule has 1 heterocycles. The summed E-state index contributed by atoms with van der Waals surface area (Å²) in [6.45, 7) is 0. The molecule has 0 fully saturated rings. The normalized spacial score (nSPS) is 11.5. The molecule has 0 spiro atoms. The van der Waals surface area contributed by atoms with Crippen molar-refractivity contribution in [1.82, 2.24) is 4.98 Å². The molecule has 0 amide bonds. The van der Waals surface area contributed by atoms with Gasteiger partial charge in [0.25, 0.3) is 0 Å². The Kier molecular flexibility index (Phi) is 2.93. The fraction of sp³-hybridized carbons (Fsp3) is 0.125. The Morgan fingerprint density at radius 2 is 2.45 bits per heavy atom. The van der Waals surface area contributed by atoms with Gasteiger partial charge < -0.3 is 5.11 Å². The summed E-state index contributed by atoms with van der Waals surface area (Å²) in [5.74, 6) is 0.252. The van der Waals surface area contributed by atoms with Crippen LogP contribution in [0.3, 0.4) is 0 Å². The molecule has 0 aliphatic carbocycles. The number of aromatic nitrogens is 1. The van der Waals surface area contributed by atoms with Gasteiger partial charge in [0.05, 0.1) is 11.6 Å². The van der Waals surface area contributed by atoms with Gasteiger partial charge in [0.1, 0.15) is 5.76 Å². The predicted octanol–water partition coefficient (Wildman–Crippen LogP) is 2.22. The maximum absolute atomic E-state index is 9.00. The molecule has 2 nitrogen and oxygen atoms in total. The minimum absolute atomic E-state index is 0.122. The SMILES string of the molecule is O/C(=C\c1ccccn1)CCl. The second-order valence-electron chi connectivity index (χ2n) is 2.02. The van der Waals surface area contributed by atoms with Gasteiger partial charge in [0.15, 0.2) is 0 Å². The molecule has 3 heteroatoms. The molecule has 1 rings (SSSR count). The number of rotatable bonds is 2. The van der Waals surface area contributed by atoms with E-state index in [1.165, 1.54) is 6.08 Å². The first-order valence-corrected chi connectivity index (χ1v) is 3.73. The molecule has 0 radical (unpaired) electrons. The summed E-state index contributed by atoms with van der Waals surface area (Å²) in [6.07, 6.45) is 3.19. The molecule has 0 saturated heterocycles. The highest BCUT2D eigenvalue weighted by atomic mass is 35.5. The van der Waals surface area contributed by atoms with Crippen molar-refractivity contribution in [3.8, 4) is 0 Å². The lowest BCUT2D eigenvalue weighted by Gasteiger charge is -1.92. The van der Waals surface area contributed by atoms with Crippen LogP contribution in [0, 0.1) is 0 Å². The van der Waals surface area contributed by atoms with Gasteiger partial charge in [-0.1, -0.05) is 6.07 Å². The molecule has 1 aromatic rings. The van der Waals surface area contributed by atoms with Crippen LogP contribution in [0.4, 0.5) is 0 Å². The van der Waals surface area contributed by atoms with Crippen LogP contribution in [0.15, 0.2) is 30.2 Å². The molecular formula is C8H8ClNO. The van der Waals surface area contributed by atoms with Gasteiger partial charge in [-0.15, -0.1) is 11.6 Å². The van der Waals surface area contributed by atoms with Gasteiger partial charge in [0.2, 0.25) is 0 Å². The van der Waals surface area contributed by atoms with Crippen molar-refractivity contribution >= 4 is 17.7 Å². The molecule has 1 N–H and O–H groups in total. The zero-order valence-electron chi connectivity index (χ0n) is 5.87. The van der Waals surface area contributed by atoms with Gasteiger partial charge >= 0.3 is 0 Å². The van der Waals surface area contributed by atoms with E-state index in [1.54, 1.807) is 12.3 Å². The topological polar surface area (TPSA) is 33.1 Å². The number of nitrogens with zero attached hydrogens (tertiary/aromatic N) is 1. The number of alkyl halides is 1. The molecule has 0 unspecified atom stereocenters. The second kappa shape index (κ2) is 3.98. The smallest absolute Gasteiger partial charge is 0.109 e. The Balaban J connectivity index is 2.79. The van der Waals surface area contributed by atoms with Crippen molar-refractivity contribution in [2.24, 2.45) is 0 Å². The lowest BCUT2D eigenvalue weighted by molar-refractivity contribution is 0.421. The minimum Gasteiger partial charge on any atom is -0.511 e. The summed E-state index contributed by atoms with van der Waals surface area (Å²) >= 11 is 5.36. The average molecular weight is 170 g/mol. The standard InChI is InChI=1S/C8H8ClNO/c9-6-8(11)5-7-3-1-2-4-10-7/h1-5,11H,6H2/b8-5-. The van der Waals surface area contributed by atoms with E-state index in [1.807, 2.05) is 12.1 Å². The largest absolute Gasteiger partial charge is 0.511 e. The van der Waals surface area contributed by atoms with E-state index in [2.05, 4.69) is 4.98 Å². The zero-order valence-corrected chi connectivity index (χ0v) is 6.62. The lowest BCUT2D eigenvalue weighted by Crippen LogP contribution is -1.83. The maximum Gasteiger partial charge on any atom is 0.109 e. The summed E-state index contributed by atoms with van der Waals surface area (Å²) in [7, 11) is 0. The highest BCUT2D eigenvalue weighted by Crippen LogP contribution is 2.01. The van der Waals surface area contributed by atoms with Gasteiger partial charge in [-0.05, 0) is 12.1 Å². The highest BCUT2D eigenvalue weighted by Gasteiger charge is 1.90. The third-order valence-electron chi connectivity index (χ3n) is 1.14. The Morgan fingerprint density at radius 1 is 1.64 bits per heavy atom. The first-order valence-electron chi connectivity index (χ1n) is 3.19. The highest BCUT2D eigenvalue weighted by molar-refractivity contribution is 6.19. The first kappa shape index (κ1) is 8.08. The van der Waals surface area contributed by atoms with Crippen molar-refractivity contribution in [1.29, 1.82) is 0 Å². The Bertz CT molecular complexity index is 246. The van der Waals surface area contributed by atoms with Crippen LogP contribution in [0.5, 0.6) is 0 Å². The van der Waals surface area contributed by atoms with Gasteiger partial charge in [-0.2, -0.15) is 0 Å². The van der Waals surface area contributed by atoms with Crippen molar-refractivity contribution in [2.45, 2.75) is 0 Å². The average Bonchev–Trinajstić information content (AvgIpc) is 2.06. The minimum atomic E-state index is 0.122. The van der Waals surface area contributed by atoms with E-state index in [0.717, 1.165) is 0 Å². The summed E-state index contributed by atoms with van der Waals surface area (Å²) < 4.78 is 0. The number of hydrogen-bond donors (Lipinski definition) is 1. The fourth-order valence-electron chi connectivity index (χ4n) is 0.671. The van der Waals surface area contributed by atoms with Crippen molar-refractivity contribution in [3.63, 3.8) is 0 Å². The summed E-state index contributed by atoms with van der Waals surface area (Å²) in [6, 6.07) is 5.46. The fourth-order valence-corrected chi connectivity index (χ4v) is 0.748. The third-order valence-corrected chi connectivity index (χ3v) is 1.41. The molecule has 0 atom stereocenters. The molecule has 11 heavy (non-hydrogen) atoms. The van der Waals surface area contributed by atoms with Crippen molar-refractivity contribution < 1.29 is 5.11 Å². The van der Waals surface area contributed by atoms with Gasteiger partial charge in [0, 0.05) is 12.3 Å². The number of aliphatic hydroxyl groups is 1. The summed E-state index contributed by atoms with van der Waals surface area (Å²) in [5, 5.41) is 9.00. The number of allylic oxidation sites excluding steroid dienone is 1. The Hall–Kier alpha value is -1.02. The summed E-state index contributed by atoms with van der Waals surface area (Å²) in [5.41, 5.74) is 0.714. The van der Waals surface area contributed by atoms with Crippen LogP contribution in [-0.4, -0.2) is 16.0 Å². The van der Waals surface area contributed by atoms with Crippen LogP contribution in [0.2, 0.25) is 0 Å². The van der Waals surface area contributed by atoms with E-state index in [9.17, 15) is 0 Å². The Morgan fingerprint density at radius 3 is 3.00 bits per heavy atom. The maximum atomic E-state index is 9.00. The van der Waals surface area contributed by atoms with Crippen molar-refractivity contribution in [2.75, 3.05) is 5.88 Å². The van der Waals surface area contributed by atoms with E-state index in [-0.39, 0.29) is 11.6 Å². The first-order chi connectivity index (χ1) is 5.33. The molecule has 0 bridgehead atoms. The van der Waals surface area contributed by atoms with Crippen LogP contribution in [-0.2, 0) is 0 Å². The molecule has 0 aliphatic rings. The van der Waals surface area contributed by atoms with Crippen molar-refractivity contribution in [3.05, 3.63) is 35.8 Å². The molecule has 1 aromatic heterocycles. The predicted molar refractivity (Wildman–Crippen MR) is 45.6 cm³/mol. The number of hydrogen-bond acceptors (Lipinski definition) is 2. The number of pyridine rings is 1. The quantitative estimate of drug-likeness (QED) is 0.544. The van der Waals surface area contributed by atoms with Crippen LogP contribution >= 0.6 is 11.6 Å². The van der Waals surface area contributed by atoms with E-state index >= 15 is 0 Å². The second-order valence-corrected chi connectivity index (χ2v) is 2.29. The molecular weight excluding hydrogens is 162 g/mol.